The predicted octanol–water partition coefficient (Wildman–Crippen LogP) is 0.410. The normalized spacial score (nSPS) is 11.5. The second kappa shape index (κ2) is 16.7. The zero-order chi connectivity index (χ0) is 30.4. The van der Waals surface area contributed by atoms with Gasteiger partial charge in [-0.1, -0.05) is 26.7 Å². The van der Waals surface area contributed by atoms with Gasteiger partial charge in [0.05, 0.1) is 19.1 Å². The molecule has 3 amide bonds. The van der Waals surface area contributed by atoms with Crippen molar-refractivity contribution in [1.82, 2.24) is 24.8 Å². The maximum absolute atomic E-state index is 13.2. The summed E-state index contributed by atoms with van der Waals surface area (Å²) in [5, 5.41) is 7.80. The molecule has 0 aliphatic carbocycles. The molecule has 41 heavy (non-hydrogen) atoms. The van der Waals surface area contributed by atoms with E-state index < -0.39 is 41.6 Å². The Bertz CT molecular complexity index is 1270. The molecule has 224 valence electrons. The summed E-state index contributed by atoms with van der Waals surface area (Å²) in [5.41, 5.74) is -0.613. The predicted molar refractivity (Wildman–Crippen MR) is 148 cm³/mol. The van der Waals surface area contributed by atoms with E-state index in [1.807, 2.05) is 13.8 Å². The number of anilines is 1. The minimum Gasteiger partial charge on any atom is -0.458 e. The Balaban J connectivity index is 2.14. The van der Waals surface area contributed by atoms with E-state index in [-0.39, 0.29) is 43.5 Å². The molecule has 0 bridgehead atoms. The molecule has 14 nitrogen and oxygen atoms in total. The van der Waals surface area contributed by atoms with Gasteiger partial charge >= 0.3 is 5.97 Å². The van der Waals surface area contributed by atoms with Gasteiger partial charge in [0.15, 0.2) is 0 Å². The fraction of sp³-hybridized carbons (Fsp3) is 0.519. The first kappa shape index (κ1) is 32.9. The fourth-order valence-corrected chi connectivity index (χ4v) is 3.78. The molecule has 0 spiro atoms. The van der Waals surface area contributed by atoms with Gasteiger partial charge in [-0.25, -0.2) is 9.78 Å². The lowest BCUT2D eigenvalue weighted by Crippen LogP contribution is -2.45. The molecule has 2 heterocycles. The molecule has 3 N–H and O–H groups in total. The number of aromatic nitrogens is 3. The number of amides is 3. The second-order valence-corrected chi connectivity index (χ2v) is 9.34. The minimum atomic E-state index is -1.30. The SMILES string of the molecule is CCC(CC)CNC(=O)Cn1cccc(NC(=O)C(CCC(=O)C(=O)OCCOC)NC(=O)c2cncn2C)c1=O. The molecule has 0 aromatic carbocycles. The zero-order valence-electron chi connectivity index (χ0n) is 23.8. The van der Waals surface area contributed by atoms with Crippen LogP contribution >= 0.6 is 0 Å². The third kappa shape index (κ3) is 10.3. The quantitative estimate of drug-likeness (QED) is 0.137. The van der Waals surface area contributed by atoms with Crippen LogP contribution in [0.1, 0.15) is 50.0 Å². The number of carbonyl (C=O) groups excluding carboxylic acids is 5. The van der Waals surface area contributed by atoms with Crippen LogP contribution in [-0.2, 0) is 42.2 Å². The molecule has 1 atom stereocenters. The molecule has 2 aromatic heterocycles. The molecule has 2 rings (SSSR count). The minimum absolute atomic E-state index is 0.110. The van der Waals surface area contributed by atoms with Gasteiger partial charge in [-0.15, -0.1) is 0 Å². The highest BCUT2D eigenvalue weighted by molar-refractivity contribution is 6.33. The van der Waals surface area contributed by atoms with Crippen molar-refractivity contribution in [2.45, 2.75) is 52.1 Å². The third-order valence-corrected chi connectivity index (χ3v) is 6.41. The van der Waals surface area contributed by atoms with E-state index in [2.05, 4.69) is 20.9 Å². The Hall–Kier alpha value is -4.33. The van der Waals surface area contributed by atoms with Crippen molar-refractivity contribution >= 4 is 35.2 Å². The van der Waals surface area contributed by atoms with Crippen molar-refractivity contribution in [2.75, 3.05) is 32.2 Å². The summed E-state index contributed by atoms with van der Waals surface area (Å²) in [4.78, 5) is 79.5. The van der Waals surface area contributed by atoms with Crippen molar-refractivity contribution in [3.63, 3.8) is 0 Å². The Morgan fingerprint density at radius 3 is 2.46 bits per heavy atom. The molecule has 0 saturated carbocycles. The number of Topliss-reactive ketones (excluding diaryl/α,β-unsaturated/α-hetero) is 1. The topological polar surface area (TPSA) is 180 Å². The number of imidazole rings is 1. The zero-order valence-corrected chi connectivity index (χ0v) is 23.8. The molecule has 14 heteroatoms. The Morgan fingerprint density at radius 2 is 1.83 bits per heavy atom. The molecule has 0 saturated heterocycles. The second-order valence-electron chi connectivity index (χ2n) is 9.34. The number of hydrogen-bond donors (Lipinski definition) is 3. The van der Waals surface area contributed by atoms with E-state index in [0.717, 1.165) is 17.4 Å². The number of esters is 1. The number of rotatable bonds is 17. The lowest BCUT2D eigenvalue weighted by molar-refractivity contribution is -0.154. The molecule has 1 unspecified atom stereocenters. The van der Waals surface area contributed by atoms with Crippen LogP contribution in [0.4, 0.5) is 5.69 Å². The molecule has 0 aliphatic rings. The van der Waals surface area contributed by atoms with Crippen molar-refractivity contribution in [1.29, 1.82) is 0 Å². The van der Waals surface area contributed by atoms with Crippen LogP contribution in [0.2, 0.25) is 0 Å². The number of ether oxygens (including phenoxy) is 2. The van der Waals surface area contributed by atoms with Crippen LogP contribution < -0.4 is 21.5 Å². The summed E-state index contributed by atoms with van der Waals surface area (Å²) in [6.07, 6.45) is 5.28. The molecular formula is C27H38N6O8. The van der Waals surface area contributed by atoms with Gasteiger partial charge in [-0.3, -0.25) is 24.0 Å². The molecule has 0 aliphatic heterocycles. The average Bonchev–Trinajstić information content (AvgIpc) is 3.39. The van der Waals surface area contributed by atoms with Crippen LogP contribution in [0.3, 0.4) is 0 Å². The van der Waals surface area contributed by atoms with Crippen LogP contribution in [-0.4, -0.2) is 76.5 Å². The van der Waals surface area contributed by atoms with Crippen molar-refractivity contribution in [3.8, 4) is 0 Å². The van der Waals surface area contributed by atoms with E-state index in [1.165, 1.54) is 42.5 Å². The number of nitrogens with zero attached hydrogens (tertiary/aromatic N) is 3. The Labute approximate surface area is 237 Å². The highest BCUT2D eigenvalue weighted by atomic mass is 16.6. The van der Waals surface area contributed by atoms with Crippen LogP contribution in [0.15, 0.2) is 35.6 Å². The van der Waals surface area contributed by atoms with Crippen LogP contribution in [0, 0.1) is 5.92 Å². The highest BCUT2D eigenvalue weighted by Gasteiger charge is 2.26. The van der Waals surface area contributed by atoms with Crippen molar-refractivity contribution in [3.05, 3.63) is 46.9 Å². The van der Waals surface area contributed by atoms with Gasteiger partial charge in [-0.2, -0.15) is 0 Å². The van der Waals surface area contributed by atoms with Gasteiger partial charge in [-0.05, 0) is 24.5 Å². The Morgan fingerprint density at radius 1 is 1.10 bits per heavy atom. The smallest absolute Gasteiger partial charge is 0.374 e. The van der Waals surface area contributed by atoms with Gasteiger partial charge in [0.2, 0.25) is 17.6 Å². The summed E-state index contributed by atoms with van der Waals surface area (Å²) in [5.74, 6) is -3.45. The summed E-state index contributed by atoms with van der Waals surface area (Å²) in [6.45, 7) is 4.32. The van der Waals surface area contributed by atoms with Crippen molar-refractivity contribution in [2.24, 2.45) is 13.0 Å². The molecule has 0 fully saturated rings. The average molecular weight is 575 g/mol. The third-order valence-electron chi connectivity index (χ3n) is 6.41. The maximum atomic E-state index is 13.2. The van der Waals surface area contributed by atoms with E-state index in [0.29, 0.717) is 12.5 Å². The van der Waals surface area contributed by atoms with Gasteiger partial charge in [0.1, 0.15) is 30.6 Å². The van der Waals surface area contributed by atoms with Crippen molar-refractivity contribution < 1.29 is 33.4 Å². The monoisotopic (exact) mass is 574 g/mol. The first-order valence-corrected chi connectivity index (χ1v) is 13.3. The number of hydrogen-bond acceptors (Lipinski definition) is 9. The van der Waals surface area contributed by atoms with Gasteiger partial charge in [0.25, 0.3) is 11.5 Å². The highest BCUT2D eigenvalue weighted by Crippen LogP contribution is 2.08. The number of nitrogens with one attached hydrogen (secondary N) is 3. The van der Waals surface area contributed by atoms with E-state index in [4.69, 9.17) is 9.47 Å². The summed E-state index contributed by atoms with van der Waals surface area (Å²) in [6, 6.07) is 1.55. The van der Waals surface area contributed by atoms with E-state index >= 15 is 0 Å². The van der Waals surface area contributed by atoms with Crippen LogP contribution in [0.5, 0.6) is 0 Å². The lowest BCUT2D eigenvalue weighted by atomic mass is 10.0. The summed E-state index contributed by atoms with van der Waals surface area (Å²) >= 11 is 0. The van der Waals surface area contributed by atoms with E-state index in [1.54, 1.807) is 7.05 Å². The summed E-state index contributed by atoms with van der Waals surface area (Å²) in [7, 11) is 3.00. The molecule has 0 radical (unpaired) electrons. The largest absolute Gasteiger partial charge is 0.458 e. The number of methoxy groups -OCH3 is 1. The lowest BCUT2D eigenvalue weighted by Gasteiger charge is -2.18. The standard InChI is InChI=1S/C27H38N6O8/c1-5-18(6-2)14-29-23(35)16-33-11-7-8-20(26(33)38)31-24(36)19(30-25(37)21-15-28-17-32(21)3)9-10-22(34)27(39)41-13-12-40-4/h7-8,11,15,17-19H,5-6,9-10,12-14,16H2,1-4H3,(H,29,35)(H,30,37)(H,31,36). The number of aryl methyl sites for hydroxylation is 1. The van der Waals surface area contributed by atoms with Crippen LogP contribution in [0.25, 0.3) is 0 Å². The Kier molecular flexibility index (Phi) is 13.4. The first-order chi connectivity index (χ1) is 19.6. The number of carbonyl (C=O) groups is 5. The van der Waals surface area contributed by atoms with E-state index in [9.17, 15) is 28.8 Å². The fourth-order valence-electron chi connectivity index (χ4n) is 3.78. The molecular weight excluding hydrogens is 536 g/mol. The van der Waals surface area contributed by atoms with Gasteiger partial charge in [0, 0.05) is 33.3 Å². The number of ketones is 1. The summed E-state index contributed by atoms with van der Waals surface area (Å²) < 4.78 is 12.2. The maximum Gasteiger partial charge on any atom is 0.374 e. The number of pyridine rings is 1. The first-order valence-electron chi connectivity index (χ1n) is 13.3. The molecule has 2 aromatic rings. The van der Waals surface area contributed by atoms with Gasteiger partial charge < -0.3 is 34.6 Å².